The van der Waals surface area contributed by atoms with Gasteiger partial charge in [-0.3, -0.25) is 14.5 Å². The van der Waals surface area contributed by atoms with Crippen molar-refractivity contribution in [3.05, 3.63) is 63.6 Å². The van der Waals surface area contributed by atoms with Gasteiger partial charge in [0.05, 0.1) is 38.5 Å². The minimum Gasteiger partial charge on any atom is -0.507 e. The number of methoxy groups -OCH3 is 1. The van der Waals surface area contributed by atoms with Crippen molar-refractivity contribution in [2.45, 2.75) is 32.7 Å². The van der Waals surface area contributed by atoms with E-state index < -0.39 is 17.7 Å². The number of Topliss-reactive ketones (excluding diaryl/α,β-unsaturated/α-hetero) is 1. The van der Waals surface area contributed by atoms with Crippen LogP contribution in [-0.2, 0) is 14.3 Å². The highest BCUT2D eigenvalue weighted by molar-refractivity contribution is 9.10. The Bertz CT molecular complexity index is 1190. The summed E-state index contributed by atoms with van der Waals surface area (Å²) in [7, 11) is 1.57. The van der Waals surface area contributed by atoms with E-state index in [1.54, 1.807) is 42.3 Å². The molecule has 0 bridgehead atoms. The highest BCUT2D eigenvalue weighted by Crippen LogP contribution is 2.42. The molecule has 9 heteroatoms. The normalized spacial score (nSPS) is 19.6. The van der Waals surface area contributed by atoms with Gasteiger partial charge < -0.3 is 24.2 Å². The number of nitrogens with zero attached hydrogens (tertiary/aromatic N) is 2. The van der Waals surface area contributed by atoms with Crippen LogP contribution in [0.25, 0.3) is 5.76 Å². The molecule has 0 spiro atoms. The van der Waals surface area contributed by atoms with Crippen LogP contribution >= 0.6 is 15.9 Å². The van der Waals surface area contributed by atoms with Gasteiger partial charge in [-0.1, -0.05) is 48.0 Å². The summed E-state index contributed by atoms with van der Waals surface area (Å²) < 4.78 is 17.9. The molecule has 1 unspecified atom stereocenters. The van der Waals surface area contributed by atoms with E-state index in [2.05, 4.69) is 34.7 Å². The number of hydrogen-bond donors (Lipinski definition) is 1. The number of ether oxygens (including phenoxy) is 3. The maximum absolute atomic E-state index is 13.4. The van der Waals surface area contributed by atoms with Crippen LogP contribution in [0.15, 0.2) is 52.5 Å². The summed E-state index contributed by atoms with van der Waals surface area (Å²) in [6.45, 7) is 9.08. The molecule has 2 aliphatic heterocycles. The van der Waals surface area contributed by atoms with Crippen molar-refractivity contribution in [2.75, 3.05) is 53.1 Å². The number of benzene rings is 2. The van der Waals surface area contributed by atoms with Crippen LogP contribution < -0.4 is 9.47 Å². The number of likely N-dealkylation sites (tertiary alicyclic amines) is 1. The van der Waals surface area contributed by atoms with Gasteiger partial charge in [-0.05, 0) is 48.6 Å². The topological polar surface area (TPSA) is 88.5 Å². The zero-order valence-electron chi connectivity index (χ0n) is 22.8. The average Bonchev–Trinajstić information content (AvgIpc) is 3.18. The molecule has 8 nitrogen and oxygen atoms in total. The van der Waals surface area contributed by atoms with Crippen molar-refractivity contribution >= 4 is 33.4 Å². The van der Waals surface area contributed by atoms with Crippen LogP contribution in [0.1, 0.15) is 43.9 Å². The molecule has 0 saturated carbocycles. The van der Waals surface area contributed by atoms with Gasteiger partial charge in [0, 0.05) is 36.2 Å². The fraction of sp³-hybridized carbons (Fsp3) is 0.467. The molecule has 1 atom stereocenters. The van der Waals surface area contributed by atoms with Gasteiger partial charge in [-0.2, -0.15) is 0 Å². The quantitative estimate of drug-likeness (QED) is 0.220. The predicted molar refractivity (Wildman–Crippen MR) is 153 cm³/mol. The molecule has 1 N–H and O–H groups in total. The summed E-state index contributed by atoms with van der Waals surface area (Å²) in [5.41, 5.74) is 1.21. The molecule has 4 rings (SSSR count). The van der Waals surface area contributed by atoms with Gasteiger partial charge in [-0.15, -0.1) is 0 Å². The monoisotopic (exact) mass is 600 g/mol. The van der Waals surface area contributed by atoms with E-state index in [-0.39, 0.29) is 11.3 Å². The van der Waals surface area contributed by atoms with E-state index in [4.69, 9.17) is 14.2 Å². The minimum atomic E-state index is -0.753. The number of ketones is 1. The van der Waals surface area contributed by atoms with Gasteiger partial charge in [0.1, 0.15) is 5.76 Å². The van der Waals surface area contributed by atoms with Gasteiger partial charge in [0.25, 0.3) is 11.7 Å². The number of aliphatic hydroxyl groups is 1. The van der Waals surface area contributed by atoms with E-state index >= 15 is 0 Å². The van der Waals surface area contributed by atoms with E-state index in [0.29, 0.717) is 61.3 Å². The summed E-state index contributed by atoms with van der Waals surface area (Å²) in [4.78, 5) is 30.6. The molecule has 2 aliphatic rings. The summed E-state index contributed by atoms with van der Waals surface area (Å²) in [6.07, 6.45) is 1.59. The second kappa shape index (κ2) is 13.5. The number of morpholine rings is 1. The van der Waals surface area contributed by atoms with E-state index in [9.17, 15) is 14.7 Å². The maximum atomic E-state index is 13.4. The van der Waals surface area contributed by atoms with Gasteiger partial charge in [0.2, 0.25) is 0 Å². The van der Waals surface area contributed by atoms with Crippen LogP contribution in [-0.4, -0.2) is 79.7 Å². The van der Waals surface area contributed by atoms with Crippen molar-refractivity contribution in [2.24, 2.45) is 5.92 Å². The summed E-state index contributed by atoms with van der Waals surface area (Å²) in [5.74, 6) is 0.113. The summed E-state index contributed by atoms with van der Waals surface area (Å²) in [5, 5.41) is 11.3. The molecule has 2 saturated heterocycles. The highest BCUT2D eigenvalue weighted by atomic mass is 79.9. The number of rotatable bonds is 11. The molecule has 2 heterocycles. The summed E-state index contributed by atoms with van der Waals surface area (Å²) in [6, 6.07) is 11.7. The number of halogens is 1. The summed E-state index contributed by atoms with van der Waals surface area (Å²) >= 11 is 3.40. The number of hydrogen-bond acceptors (Lipinski definition) is 7. The van der Waals surface area contributed by atoms with E-state index in [0.717, 1.165) is 30.5 Å². The first-order chi connectivity index (χ1) is 18.8. The first-order valence-electron chi connectivity index (χ1n) is 13.4. The Hall–Kier alpha value is -2.88. The molecule has 39 heavy (non-hydrogen) atoms. The molecule has 0 aliphatic carbocycles. The third-order valence-corrected chi connectivity index (χ3v) is 7.62. The minimum absolute atomic E-state index is 0.0734. The first-order valence-corrected chi connectivity index (χ1v) is 14.2. The lowest BCUT2D eigenvalue weighted by Gasteiger charge is -2.29. The molecule has 0 radical (unpaired) electrons. The van der Waals surface area contributed by atoms with Crippen LogP contribution in [0, 0.1) is 5.92 Å². The van der Waals surface area contributed by atoms with Gasteiger partial charge in [0.15, 0.2) is 11.5 Å². The van der Waals surface area contributed by atoms with E-state index in [1.807, 2.05) is 12.1 Å². The van der Waals surface area contributed by atoms with Crippen LogP contribution in [0.5, 0.6) is 11.5 Å². The highest BCUT2D eigenvalue weighted by Gasteiger charge is 2.46. The fourth-order valence-corrected chi connectivity index (χ4v) is 5.15. The number of carbonyl (C=O) groups is 2. The van der Waals surface area contributed by atoms with Crippen molar-refractivity contribution in [1.82, 2.24) is 9.80 Å². The Morgan fingerprint density at radius 1 is 1.08 bits per heavy atom. The molecular formula is C30H37BrN2O6. The predicted octanol–water partition coefficient (Wildman–Crippen LogP) is 5.03. The lowest BCUT2D eigenvalue weighted by molar-refractivity contribution is -0.140. The second-order valence-electron chi connectivity index (χ2n) is 10.2. The molecule has 1 amide bonds. The smallest absolute Gasteiger partial charge is 0.295 e. The van der Waals surface area contributed by atoms with Crippen molar-refractivity contribution in [3.63, 3.8) is 0 Å². The largest absolute Gasteiger partial charge is 0.507 e. The third-order valence-electron chi connectivity index (χ3n) is 7.09. The molecular weight excluding hydrogens is 564 g/mol. The molecule has 0 aromatic heterocycles. The van der Waals surface area contributed by atoms with Crippen LogP contribution in [0.3, 0.4) is 0 Å². The van der Waals surface area contributed by atoms with Crippen molar-refractivity contribution in [3.8, 4) is 11.5 Å². The Morgan fingerprint density at radius 2 is 1.79 bits per heavy atom. The Balaban J connectivity index is 1.68. The standard InChI is InChI=1S/C30H37BrN2O6/c1-20(2)11-16-39-24-10-7-22(19-25(24)37-3)27-26(28(34)21-5-8-23(31)9-6-21)29(35)30(36)33(27)13-4-12-32-14-17-38-18-15-32/h5-10,19-20,27,34H,4,11-18H2,1-3H3/b28-26+. The number of carbonyl (C=O) groups excluding carboxylic acids is 2. The third kappa shape index (κ3) is 7.01. The fourth-order valence-electron chi connectivity index (χ4n) is 4.89. The Kier molecular flexibility index (Phi) is 10.0. The molecule has 210 valence electrons. The molecule has 2 fully saturated rings. The van der Waals surface area contributed by atoms with Gasteiger partial charge in [-0.25, -0.2) is 0 Å². The zero-order chi connectivity index (χ0) is 27.9. The lowest BCUT2D eigenvalue weighted by atomic mass is 9.95. The van der Waals surface area contributed by atoms with Crippen molar-refractivity contribution in [1.29, 1.82) is 0 Å². The molecule has 2 aromatic carbocycles. The van der Waals surface area contributed by atoms with Crippen LogP contribution in [0.4, 0.5) is 0 Å². The Labute approximate surface area is 238 Å². The lowest BCUT2D eigenvalue weighted by Crippen LogP contribution is -2.39. The second-order valence-corrected chi connectivity index (χ2v) is 11.2. The Morgan fingerprint density at radius 3 is 2.46 bits per heavy atom. The average molecular weight is 602 g/mol. The van der Waals surface area contributed by atoms with E-state index in [1.165, 1.54) is 0 Å². The zero-order valence-corrected chi connectivity index (χ0v) is 24.4. The SMILES string of the molecule is COc1cc(C2/C(=C(\O)c3ccc(Br)cc3)C(=O)C(=O)N2CCCN2CCOCC2)ccc1OCCC(C)C. The number of amides is 1. The first kappa shape index (κ1) is 29.1. The number of aliphatic hydroxyl groups excluding tert-OH is 1. The van der Waals surface area contributed by atoms with Crippen LogP contribution in [0.2, 0.25) is 0 Å². The molecule has 2 aromatic rings. The van der Waals surface area contributed by atoms with Gasteiger partial charge >= 0.3 is 0 Å². The van der Waals surface area contributed by atoms with Crippen molar-refractivity contribution < 1.29 is 28.9 Å². The maximum Gasteiger partial charge on any atom is 0.295 e.